The summed E-state index contributed by atoms with van der Waals surface area (Å²) >= 11 is 0. The third kappa shape index (κ3) is 6.33. The molecular formula is C25H33FN4O3. The summed E-state index contributed by atoms with van der Waals surface area (Å²) in [6.07, 6.45) is 8.86. The van der Waals surface area contributed by atoms with Crippen LogP contribution >= 0.6 is 0 Å². The molecule has 4 rings (SSSR count). The van der Waals surface area contributed by atoms with E-state index in [4.69, 9.17) is 4.74 Å². The number of hydrogen-bond donors (Lipinski definition) is 0. The number of benzene rings is 1. The predicted molar refractivity (Wildman–Crippen MR) is 122 cm³/mol. The Labute approximate surface area is 194 Å². The third-order valence-corrected chi connectivity index (χ3v) is 6.65. The van der Waals surface area contributed by atoms with Crippen LogP contribution in [0.15, 0.2) is 36.7 Å². The molecule has 0 aliphatic carbocycles. The van der Waals surface area contributed by atoms with Crippen molar-refractivity contribution in [2.45, 2.75) is 51.0 Å². The van der Waals surface area contributed by atoms with Crippen LogP contribution in [0.1, 0.15) is 44.1 Å². The number of halogens is 1. The fourth-order valence-electron chi connectivity index (χ4n) is 4.78. The summed E-state index contributed by atoms with van der Waals surface area (Å²) in [7, 11) is 1.86. The van der Waals surface area contributed by atoms with E-state index in [0.29, 0.717) is 44.5 Å². The summed E-state index contributed by atoms with van der Waals surface area (Å²) in [5, 5.41) is 4.16. The molecule has 7 nitrogen and oxygen atoms in total. The van der Waals surface area contributed by atoms with E-state index in [1.165, 1.54) is 18.6 Å². The Balaban J connectivity index is 1.40. The molecule has 3 heterocycles. The minimum atomic E-state index is -0.312. The van der Waals surface area contributed by atoms with Gasteiger partial charge in [0.05, 0.1) is 6.20 Å². The van der Waals surface area contributed by atoms with Gasteiger partial charge in [0.15, 0.2) is 0 Å². The first kappa shape index (κ1) is 23.3. The minimum absolute atomic E-state index is 0.0921. The average Bonchev–Trinajstić information content (AvgIpc) is 3.25. The molecule has 0 N–H and O–H groups in total. The molecule has 1 aromatic heterocycles. The van der Waals surface area contributed by atoms with E-state index in [2.05, 4.69) is 5.10 Å². The molecule has 2 amide bonds. The predicted octanol–water partition coefficient (Wildman–Crippen LogP) is 3.19. The van der Waals surface area contributed by atoms with Crippen LogP contribution in [0.25, 0.3) is 0 Å². The zero-order valence-corrected chi connectivity index (χ0v) is 19.3. The van der Waals surface area contributed by atoms with Crippen LogP contribution in [0.4, 0.5) is 4.39 Å². The summed E-state index contributed by atoms with van der Waals surface area (Å²) < 4.78 is 21.2. The second-order valence-electron chi connectivity index (χ2n) is 9.17. The topological polar surface area (TPSA) is 67.7 Å². The van der Waals surface area contributed by atoms with Crippen molar-refractivity contribution in [1.29, 1.82) is 0 Å². The minimum Gasteiger partial charge on any atom is -0.490 e. The molecule has 0 saturated carbocycles. The maximum Gasteiger partial charge on any atom is 0.223 e. The lowest BCUT2D eigenvalue weighted by molar-refractivity contribution is -0.139. The normalized spacial score (nSPS) is 21.2. The van der Waals surface area contributed by atoms with E-state index in [1.54, 1.807) is 23.0 Å². The summed E-state index contributed by atoms with van der Waals surface area (Å²) in [6, 6.07) is 5.98. The van der Waals surface area contributed by atoms with Crippen molar-refractivity contribution in [3.63, 3.8) is 0 Å². The number of hydrogen-bond acceptors (Lipinski definition) is 4. The fourth-order valence-corrected chi connectivity index (χ4v) is 4.78. The average molecular weight is 457 g/mol. The zero-order chi connectivity index (χ0) is 23.2. The van der Waals surface area contributed by atoms with E-state index in [1.807, 2.05) is 23.0 Å². The highest BCUT2D eigenvalue weighted by Gasteiger charge is 2.35. The third-order valence-electron chi connectivity index (χ3n) is 6.65. The molecule has 2 atom stereocenters. The molecule has 1 aromatic carbocycles. The summed E-state index contributed by atoms with van der Waals surface area (Å²) in [4.78, 5) is 29.8. The highest BCUT2D eigenvalue weighted by molar-refractivity contribution is 5.78. The highest BCUT2D eigenvalue weighted by Crippen LogP contribution is 2.27. The molecule has 0 spiro atoms. The monoisotopic (exact) mass is 456 g/mol. The molecule has 2 aliphatic rings. The van der Waals surface area contributed by atoms with Crippen LogP contribution in [0.3, 0.4) is 0 Å². The standard InChI is InChI=1S/C25H33FN4O3/c1-28-17-19(16-27-28)5-10-24(31)30-14-11-23(33-22-8-6-21(26)7-9-22)20(18-30)15-25(32)29-12-3-2-4-13-29/h6-9,16-17,20,23H,2-5,10-15,18H2,1H3/t20-,23-/m0/s1. The Kier molecular flexibility index (Phi) is 7.62. The molecule has 2 saturated heterocycles. The van der Waals surface area contributed by atoms with Crippen LogP contribution < -0.4 is 4.74 Å². The first-order chi connectivity index (χ1) is 16.0. The van der Waals surface area contributed by atoms with Gasteiger partial charge < -0.3 is 14.5 Å². The van der Waals surface area contributed by atoms with Crippen molar-refractivity contribution in [1.82, 2.24) is 19.6 Å². The van der Waals surface area contributed by atoms with Crippen molar-refractivity contribution in [2.24, 2.45) is 13.0 Å². The first-order valence-electron chi connectivity index (χ1n) is 11.9. The number of aryl methyl sites for hydroxylation is 2. The first-order valence-corrected chi connectivity index (χ1v) is 11.9. The van der Waals surface area contributed by atoms with E-state index < -0.39 is 0 Å². The van der Waals surface area contributed by atoms with E-state index >= 15 is 0 Å². The Bertz CT molecular complexity index is 939. The van der Waals surface area contributed by atoms with Gasteiger partial charge in [-0.1, -0.05) is 0 Å². The van der Waals surface area contributed by atoms with Crippen molar-refractivity contribution >= 4 is 11.8 Å². The van der Waals surface area contributed by atoms with Gasteiger partial charge in [0.25, 0.3) is 0 Å². The summed E-state index contributed by atoms with van der Waals surface area (Å²) in [5.41, 5.74) is 1.04. The number of piperidine rings is 2. The quantitative estimate of drug-likeness (QED) is 0.642. The molecule has 33 heavy (non-hydrogen) atoms. The lowest BCUT2D eigenvalue weighted by Crippen LogP contribution is -2.50. The molecule has 2 aromatic rings. The van der Waals surface area contributed by atoms with Gasteiger partial charge in [0, 0.05) is 64.6 Å². The van der Waals surface area contributed by atoms with Crippen LogP contribution in [-0.2, 0) is 23.1 Å². The number of nitrogens with zero attached hydrogens (tertiary/aromatic N) is 4. The van der Waals surface area contributed by atoms with Gasteiger partial charge in [-0.2, -0.15) is 5.10 Å². The fraction of sp³-hybridized carbons (Fsp3) is 0.560. The molecule has 0 unspecified atom stereocenters. The molecule has 178 valence electrons. The molecule has 0 bridgehead atoms. The highest BCUT2D eigenvalue weighted by atomic mass is 19.1. The second-order valence-corrected chi connectivity index (χ2v) is 9.17. The number of aromatic nitrogens is 2. The number of amides is 2. The largest absolute Gasteiger partial charge is 0.490 e. The lowest BCUT2D eigenvalue weighted by atomic mass is 9.90. The van der Waals surface area contributed by atoms with Crippen molar-refractivity contribution < 1.29 is 18.7 Å². The van der Waals surface area contributed by atoms with Gasteiger partial charge in [-0.25, -0.2) is 4.39 Å². The van der Waals surface area contributed by atoms with Crippen molar-refractivity contribution in [3.05, 3.63) is 48.0 Å². The van der Waals surface area contributed by atoms with Gasteiger partial charge in [-0.05, 0) is 55.5 Å². The van der Waals surface area contributed by atoms with Crippen molar-refractivity contribution in [2.75, 3.05) is 26.2 Å². The molecule has 2 aliphatic heterocycles. The lowest BCUT2D eigenvalue weighted by Gasteiger charge is -2.39. The number of ether oxygens (including phenoxy) is 1. The zero-order valence-electron chi connectivity index (χ0n) is 19.3. The SMILES string of the molecule is Cn1cc(CCC(=O)N2CC[C@H](Oc3ccc(F)cc3)[C@@H](CC(=O)N3CCCCC3)C2)cn1. The number of likely N-dealkylation sites (tertiary alicyclic amines) is 2. The van der Waals surface area contributed by atoms with Gasteiger partial charge >= 0.3 is 0 Å². The van der Waals surface area contributed by atoms with Gasteiger partial charge in [0.1, 0.15) is 17.7 Å². The van der Waals surface area contributed by atoms with Crippen LogP contribution in [0, 0.1) is 11.7 Å². The molecular weight excluding hydrogens is 423 g/mol. The summed E-state index contributed by atoms with van der Waals surface area (Å²) in [5.74, 6) is 0.411. The number of rotatable bonds is 7. The Morgan fingerprint density at radius 2 is 1.82 bits per heavy atom. The Hall–Kier alpha value is -2.90. The number of carbonyl (C=O) groups is 2. The van der Waals surface area contributed by atoms with Gasteiger partial charge in [0.2, 0.25) is 11.8 Å². The maximum absolute atomic E-state index is 13.3. The summed E-state index contributed by atoms with van der Waals surface area (Å²) in [6.45, 7) is 2.70. The van der Waals surface area contributed by atoms with Crippen LogP contribution in [0.5, 0.6) is 5.75 Å². The molecule has 8 heteroatoms. The Morgan fingerprint density at radius 3 is 2.52 bits per heavy atom. The van der Waals surface area contributed by atoms with Crippen LogP contribution in [0.2, 0.25) is 0 Å². The maximum atomic E-state index is 13.3. The molecule has 0 radical (unpaired) electrons. The molecule has 2 fully saturated rings. The van der Waals surface area contributed by atoms with E-state index in [0.717, 1.165) is 31.5 Å². The van der Waals surface area contributed by atoms with E-state index in [-0.39, 0.29) is 29.7 Å². The van der Waals surface area contributed by atoms with Gasteiger partial charge in [-0.3, -0.25) is 14.3 Å². The van der Waals surface area contributed by atoms with Gasteiger partial charge in [-0.15, -0.1) is 0 Å². The smallest absolute Gasteiger partial charge is 0.223 e. The number of carbonyl (C=O) groups excluding carboxylic acids is 2. The van der Waals surface area contributed by atoms with E-state index in [9.17, 15) is 14.0 Å². The Morgan fingerprint density at radius 1 is 1.06 bits per heavy atom. The van der Waals surface area contributed by atoms with Crippen molar-refractivity contribution in [3.8, 4) is 5.75 Å². The van der Waals surface area contributed by atoms with Crippen LogP contribution in [-0.4, -0.2) is 63.7 Å². The second kappa shape index (κ2) is 10.8.